The monoisotopic (exact) mass is 440 g/mol. The number of nitrogens with one attached hydrogen (secondary N) is 1. The Balaban J connectivity index is 1.83. The topological polar surface area (TPSA) is 129 Å². The van der Waals surface area contributed by atoms with E-state index in [4.69, 9.17) is 4.74 Å². The molecule has 2 aromatic rings. The van der Waals surface area contributed by atoms with Crippen molar-refractivity contribution in [2.24, 2.45) is 7.05 Å². The van der Waals surface area contributed by atoms with E-state index >= 15 is 0 Å². The third-order valence-electron chi connectivity index (χ3n) is 4.50. The fraction of sp³-hybridized carbons (Fsp3) is 0.471. The van der Waals surface area contributed by atoms with Gasteiger partial charge in [-0.25, -0.2) is 4.79 Å². The molecule has 1 N–H and O–H groups in total. The number of esters is 1. The molecule has 1 atom stereocenters. The molecule has 0 aromatic carbocycles. The summed E-state index contributed by atoms with van der Waals surface area (Å²) in [5.41, 5.74) is 1.11. The molecule has 156 valence electrons. The van der Waals surface area contributed by atoms with Crippen molar-refractivity contribution in [3.8, 4) is 5.95 Å². The molecule has 1 unspecified atom stereocenters. The van der Waals surface area contributed by atoms with E-state index in [2.05, 4.69) is 15.1 Å². The number of hydrogen-bond acceptors (Lipinski definition) is 9. The van der Waals surface area contributed by atoms with Gasteiger partial charge in [0.25, 0.3) is 5.03 Å². The van der Waals surface area contributed by atoms with Gasteiger partial charge in [0.15, 0.2) is 13.0 Å². The van der Waals surface area contributed by atoms with E-state index in [-0.39, 0.29) is 16.8 Å². The number of nitrogens with zero attached hydrogens (tertiary/aromatic N) is 3. The highest BCUT2D eigenvalue weighted by Gasteiger charge is 2.31. The molecule has 12 heteroatoms. The number of ether oxygens (including phenoxy) is 1. The lowest BCUT2D eigenvalue weighted by Crippen LogP contribution is -2.34. The highest BCUT2D eigenvalue weighted by molar-refractivity contribution is 8.00. The van der Waals surface area contributed by atoms with Crippen LogP contribution in [0.4, 0.5) is 5.00 Å². The Labute approximate surface area is 174 Å². The molecule has 10 nitrogen and oxygen atoms in total. The number of fused-ring (bicyclic) bond motifs is 1. The van der Waals surface area contributed by atoms with Gasteiger partial charge in [0, 0.05) is 18.3 Å². The van der Waals surface area contributed by atoms with E-state index in [1.807, 2.05) is 0 Å². The summed E-state index contributed by atoms with van der Waals surface area (Å²) < 4.78 is 10.7. The Kier molecular flexibility index (Phi) is 6.13. The lowest BCUT2D eigenvalue weighted by atomic mass is 10.0. The van der Waals surface area contributed by atoms with E-state index in [1.165, 1.54) is 30.1 Å². The van der Waals surface area contributed by atoms with Crippen LogP contribution in [0.15, 0.2) is 9.55 Å². The molecule has 0 aliphatic carbocycles. The highest BCUT2D eigenvalue weighted by atomic mass is 32.2. The summed E-state index contributed by atoms with van der Waals surface area (Å²) in [7, 11) is 2.82. The fourth-order valence-electron chi connectivity index (χ4n) is 2.94. The van der Waals surface area contributed by atoms with Crippen LogP contribution in [0.3, 0.4) is 0 Å². The number of anilines is 1. The molecule has 1 aliphatic heterocycles. The molecule has 3 rings (SSSR count). The maximum atomic E-state index is 12.7. The second-order valence-electron chi connectivity index (χ2n) is 6.43. The molecular formula is C17H20N4O6S2. The molecule has 0 radical (unpaired) electrons. The number of carbonyl (C=O) groups is 3. The van der Waals surface area contributed by atoms with E-state index in [1.54, 1.807) is 18.9 Å². The van der Waals surface area contributed by atoms with E-state index in [9.17, 15) is 19.5 Å². The molecule has 0 saturated heterocycles. The van der Waals surface area contributed by atoms with Gasteiger partial charge in [0.1, 0.15) is 5.00 Å². The van der Waals surface area contributed by atoms with Gasteiger partial charge in [-0.15, -0.1) is 11.3 Å². The minimum absolute atomic E-state index is 0.0470. The summed E-state index contributed by atoms with van der Waals surface area (Å²) in [6, 6.07) is 0. The Morgan fingerprint density at radius 3 is 2.76 bits per heavy atom. The zero-order chi connectivity index (χ0) is 21.3. The van der Waals surface area contributed by atoms with Crippen LogP contribution in [-0.2, 0) is 34.3 Å². The second-order valence-corrected chi connectivity index (χ2v) is 8.86. The number of thioether (sulfide) groups is 1. The van der Waals surface area contributed by atoms with E-state index in [0.29, 0.717) is 30.1 Å². The first kappa shape index (κ1) is 21.1. The van der Waals surface area contributed by atoms with Gasteiger partial charge in [0.2, 0.25) is 11.8 Å². The predicted octanol–water partition coefficient (Wildman–Crippen LogP) is 0.445. The zero-order valence-corrected chi connectivity index (χ0v) is 17.9. The van der Waals surface area contributed by atoms with Gasteiger partial charge in [-0.05, 0) is 30.7 Å². The molecule has 1 aliphatic rings. The van der Waals surface area contributed by atoms with Gasteiger partial charge >= 0.3 is 5.97 Å². The Morgan fingerprint density at radius 1 is 1.45 bits per heavy atom. The normalized spacial score (nSPS) is 14.3. The average Bonchev–Trinajstić information content (AvgIpc) is 3.20. The molecule has 2 aromatic heterocycles. The van der Waals surface area contributed by atoms with Gasteiger partial charge in [-0.3, -0.25) is 9.59 Å². The van der Waals surface area contributed by atoms with Crippen LogP contribution in [0.25, 0.3) is 0 Å². The molecule has 0 spiro atoms. The SMILES string of the molecule is COC(=O)c1c(NC(=O)C(C)Sc2c([O-])on[n+]2C)sc2c1CCN(C(C)=O)C2. The van der Waals surface area contributed by atoms with Crippen molar-refractivity contribution >= 4 is 45.9 Å². The van der Waals surface area contributed by atoms with Gasteiger partial charge in [-0.2, -0.15) is 0 Å². The van der Waals surface area contributed by atoms with Crippen LogP contribution < -0.4 is 15.1 Å². The number of carbonyl (C=O) groups excluding carboxylic acids is 3. The Hall–Kier alpha value is -2.60. The number of thiophene rings is 1. The highest BCUT2D eigenvalue weighted by Crippen LogP contribution is 2.38. The van der Waals surface area contributed by atoms with Crippen molar-refractivity contribution in [2.75, 3.05) is 19.0 Å². The van der Waals surface area contributed by atoms with Crippen molar-refractivity contribution in [2.45, 2.75) is 37.1 Å². The van der Waals surface area contributed by atoms with E-state index in [0.717, 1.165) is 22.2 Å². The van der Waals surface area contributed by atoms with Crippen LogP contribution in [0.2, 0.25) is 0 Å². The molecular weight excluding hydrogens is 420 g/mol. The number of aromatic nitrogens is 2. The van der Waals surface area contributed by atoms with Gasteiger partial charge in [0.05, 0.1) is 29.7 Å². The van der Waals surface area contributed by atoms with Gasteiger partial charge in [-0.1, -0.05) is 4.68 Å². The largest absolute Gasteiger partial charge is 0.538 e. The van der Waals surface area contributed by atoms with Crippen LogP contribution in [0.1, 0.15) is 34.6 Å². The smallest absolute Gasteiger partial charge is 0.341 e. The van der Waals surface area contributed by atoms with E-state index < -0.39 is 17.2 Å². The summed E-state index contributed by atoms with van der Waals surface area (Å²) in [5.74, 6) is -1.60. The third kappa shape index (κ3) is 4.22. The minimum atomic E-state index is -0.647. The van der Waals surface area contributed by atoms with Crippen LogP contribution in [0.5, 0.6) is 5.95 Å². The van der Waals surface area contributed by atoms with Crippen LogP contribution in [-0.4, -0.2) is 46.9 Å². The molecule has 3 heterocycles. The lowest BCUT2D eigenvalue weighted by Gasteiger charge is -2.25. The summed E-state index contributed by atoms with van der Waals surface area (Å²) in [6.45, 7) is 4.01. The number of aryl methyl sites for hydroxylation is 1. The van der Waals surface area contributed by atoms with Crippen molar-refractivity contribution in [1.29, 1.82) is 0 Å². The number of hydrogen-bond donors (Lipinski definition) is 1. The maximum absolute atomic E-state index is 12.7. The summed E-state index contributed by atoms with van der Waals surface area (Å²) in [4.78, 5) is 39.3. The average molecular weight is 441 g/mol. The molecule has 29 heavy (non-hydrogen) atoms. The summed E-state index contributed by atoms with van der Waals surface area (Å²) >= 11 is 2.26. The predicted molar refractivity (Wildman–Crippen MR) is 102 cm³/mol. The third-order valence-corrected chi connectivity index (χ3v) is 6.85. The molecule has 0 fully saturated rings. The lowest BCUT2D eigenvalue weighted by molar-refractivity contribution is -0.772. The summed E-state index contributed by atoms with van der Waals surface area (Å²) in [6.07, 6.45) is 0.506. The first-order valence-electron chi connectivity index (χ1n) is 8.71. The first-order valence-corrected chi connectivity index (χ1v) is 10.4. The van der Waals surface area contributed by atoms with Gasteiger partial charge < -0.3 is 24.6 Å². The standard InChI is InChI=1S/C17H20N4O6S2/c1-8(28-15-17(25)27-19-20(15)3)13(23)18-14-12(16(24)26-4)10-5-6-21(9(2)22)7-11(10)29-14/h8H,5-7H2,1-4H3,(H-,18,19,23,24,25). The quantitative estimate of drug-likeness (QED) is 0.403. The van der Waals surface area contributed by atoms with Crippen LogP contribution >= 0.6 is 23.1 Å². The fourth-order valence-corrected chi connectivity index (χ4v) is 5.02. The number of methoxy groups -OCH3 is 1. The number of amides is 2. The van der Waals surface area contributed by atoms with Crippen LogP contribution in [0, 0.1) is 0 Å². The molecule has 0 bridgehead atoms. The molecule has 0 saturated carbocycles. The zero-order valence-electron chi connectivity index (χ0n) is 16.3. The first-order chi connectivity index (χ1) is 13.7. The van der Waals surface area contributed by atoms with Crippen molar-refractivity contribution in [3.05, 3.63) is 16.0 Å². The second kappa shape index (κ2) is 8.41. The van der Waals surface area contributed by atoms with Crippen molar-refractivity contribution in [3.63, 3.8) is 0 Å². The Morgan fingerprint density at radius 2 is 2.17 bits per heavy atom. The maximum Gasteiger partial charge on any atom is 0.341 e. The van der Waals surface area contributed by atoms with Crippen molar-refractivity contribution in [1.82, 2.24) is 10.2 Å². The minimum Gasteiger partial charge on any atom is -0.538 e. The Bertz CT molecular complexity index is 950. The van der Waals surface area contributed by atoms with Crippen molar-refractivity contribution < 1.29 is 33.4 Å². The molecule has 2 amide bonds. The number of rotatable bonds is 5. The summed E-state index contributed by atoms with van der Waals surface area (Å²) in [5, 5.41) is 17.9.